The molecule has 1 saturated heterocycles. The first-order chi connectivity index (χ1) is 12.1. The van der Waals surface area contributed by atoms with E-state index >= 15 is 0 Å². The summed E-state index contributed by atoms with van der Waals surface area (Å²) < 4.78 is 0. The summed E-state index contributed by atoms with van der Waals surface area (Å²) in [5, 5.41) is 17.2. The van der Waals surface area contributed by atoms with Crippen LogP contribution in [0.1, 0.15) is 31.7 Å². The molecule has 25 heavy (non-hydrogen) atoms. The van der Waals surface area contributed by atoms with Crippen molar-refractivity contribution in [2.24, 2.45) is 4.99 Å². The summed E-state index contributed by atoms with van der Waals surface area (Å²) in [7, 11) is 0. The fraction of sp³-hybridized carbons (Fsp3) is 0.529. The van der Waals surface area contributed by atoms with Crippen LogP contribution in [0.3, 0.4) is 0 Å². The van der Waals surface area contributed by atoms with E-state index in [0.29, 0.717) is 25.5 Å². The first kappa shape index (κ1) is 18.7. The van der Waals surface area contributed by atoms with E-state index in [1.165, 1.54) is 12.1 Å². The molecule has 1 aliphatic heterocycles. The van der Waals surface area contributed by atoms with E-state index in [0.717, 1.165) is 38.0 Å². The van der Waals surface area contributed by atoms with Crippen LogP contribution in [0.5, 0.6) is 0 Å². The fourth-order valence-electron chi connectivity index (χ4n) is 2.70. The largest absolute Gasteiger partial charge is 0.357 e. The summed E-state index contributed by atoms with van der Waals surface area (Å²) in [4.78, 5) is 28.3. The van der Waals surface area contributed by atoms with Gasteiger partial charge in [0, 0.05) is 44.7 Å². The first-order valence-electron chi connectivity index (χ1n) is 8.63. The highest BCUT2D eigenvalue weighted by molar-refractivity contribution is 5.79. The number of nitrogens with zero attached hydrogens (tertiary/aromatic N) is 3. The number of nitro benzene ring substituents is 1. The van der Waals surface area contributed by atoms with E-state index in [-0.39, 0.29) is 11.6 Å². The number of nitro groups is 1. The summed E-state index contributed by atoms with van der Waals surface area (Å²) in [6.45, 7) is 5.40. The first-order valence-corrected chi connectivity index (χ1v) is 8.63. The lowest BCUT2D eigenvalue weighted by Gasteiger charge is -2.16. The van der Waals surface area contributed by atoms with Crippen LogP contribution < -0.4 is 10.6 Å². The van der Waals surface area contributed by atoms with Crippen LogP contribution in [-0.4, -0.2) is 47.9 Å². The average Bonchev–Trinajstić information content (AvgIpc) is 3.01. The zero-order chi connectivity index (χ0) is 18.1. The van der Waals surface area contributed by atoms with Crippen molar-refractivity contribution < 1.29 is 9.72 Å². The smallest absolute Gasteiger partial charge is 0.269 e. The molecule has 0 aromatic heterocycles. The quantitative estimate of drug-likeness (QED) is 0.245. The number of hydrogen-bond donors (Lipinski definition) is 2. The molecule has 1 fully saturated rings. The van der Waals surface area contributed by atoms with Gasteiger partial charge in [-0.3, -0.25) is 14.9 Å². The highest BCUT2D eigenvalue weighted by Crippen LogP contribution is 2.13. The molecule has 0 saturated carbocycles. The lowest BCUT2D eigenvalue weighted by molar-refractivity contribution is -0.384. The zero-order valence-corrected chi connectivity index (χ0v) is 14.5. The number of non-ortho nitro benzene ring substituents is 1. The molecule has 1 aromatic rings. The number of carbonyl (C=O) groups is 1. The number of carbonyl (C=O) groups excluding carboxylic acids is 1. The van der Waals surface area contributed by atoms with Crippen molar-refractivity contribution >= 4 is 17.6 Å². The number of benzene rings is 1. The van der Waals surface area contributed by atoms with E-state index in [2.05, 4.69) is 15.6 Å². The van der Waals surface area contributed by atoms with Crippen LogP contribution in [-0.2, 0) is 11.3 Å². The number of amides is 1. The molecule has 0 bridgehead atoms. The summed E-state index contributed by atoms with van der Waals surface area (Å²) in [6.07, 6.45) is 2.48. The van der Waals surface area contributed by atoms with E-state index in [1.54, 1.807) is 6.07 Å². The predicted molar refractivity (Wildman–Crippen MR) is 96.3 cm³/mol. The third-order valence-electron chi connectivity index (χ3n) is 3.95. The predicted octanol–water partition coefficient (Wildman–Crippen LogP) is 1.66. The van der Waals surface area contributed by atoms with Crippen molar-refractivity contribution in [3.8, 4) is 0 Å². The van der Waals surface area contributed by atoms with Crippen molar-refractivity contribution in [2.45, 2.75) is 32.7 Å². The molecular weight excluding hydrogens is 322 g/mol. The van der Waals surface area contributed by atoms with Gasteiger partial charge in [0.15, 0.2) is 5.96 Å². The molecule has 1 heterocycles. The Kier molecular flexibility index (Phi) is 7.18. The molecule has 2 N–H and O–H groups in total. The summed E-state index contributed by atoms with van der Waals surface area (Å²) in [5.41, 5.74) is 0.856. The Morgan fingerprint density at radius 1 is 1.40 bits per heavy atom. The Morgan fingerprint density at radius 3 is 2.92 bits per heavy atom. The molecule has 0 aliphatic carbocycles. The standard InChI is InChI=1S/C17H25N5O3/c1-2-18-17(19-9-5-11-21-10-4-8-16(21)23)20-13-14-6-3-7-15(12-14)22(24)25/h3,6-7,12H,2,4-5,8-11,13H2,1H3,(H2,18,19,20). The maximum Gasteiger partial charge on any atom is 0.269 e. The molecule has 8 nitrogen and oxygen atoms in total. The van der Waals surface area contributed by atoms with Crippen molar-refractivity contribution in [3.05, 3.63) is 39.9 Å². The Balaban J connectivity index is 1.82. The highest BCUT2D eigenvalue weighted by Gasteiger charge is 2.18. The van der Waals surface area contributed by atoms with Crippen LogP contribution in [0, 0.1) is 10.1 Å². The topological polar surface area (TPSA) is 99.9 Å². The Bertz CT molecular complexity index is 632. The molecule has 8 heteroatoms. The SMILES string of the molecule is CCNC(=NCc1cccc([N+](=O)[O-])c1)NCCCN1CCCC1=O. The molecular formula is C17H25N5O3. The van der Waals surface area contributed by atoms with Gasteiger partial charge in [-0.05, 0) is 25.3 Å². The number of guanidine groups is 1. The van der Waals surface area contributed by atoms with Crippen molar-refractivity contribution in [1.82, 2.24) is 15.5 Å². The summed E-state index contributed by atoms with van der Waals surface area (Å²) >= 11 is 0. The molecule has 1 aromatic carbocycles. The van der Waals surface area contributed by atoms with Crippen LogP contribution >= 0.6 is 0 Å². The fourth-order valence-corrected chi connectivity index (χ4v) is 2.70. The number of aliphatic imine (C=N–C) groups is 1. The normalized spacial score (nSPS) is 14.7. The minimum atomic E-state index is -0.406. The van der Waals surface area contributed by atoms with Gasteiger partial charge in [0.1, 0.15) is 0 Å². The third-order valence-corrected chi connectivity index (χ3v) is 3.95. The molecule has 136 valence electrons. The van der Waals surface area contributed by atoms with Crippen molar-refractivity contribution in [2.75, 3.05) is 26.2 Å². The van der Waals surface area contributed by atoms with Crippen LogP contribution in [0.25, 0.3) is 0 Å². The second-order valence-electron chi connectivity index (χ2n) is 5.89. The van der Waals surface area contributed by atoms with Gasteiger partial charge < -0.3 is 15.5 Å². The van der Waals surface area contributed by atoms with Crippen molar-refractivity contribution in [3.63, 3.8) is 0 Å². The maximum atomic E-state index is 11.6. The number of rotatable bonds is 8. The Morgan fingerprint density at radius 2 is 2.24 bits per heavy atom. The molecule has 0 unspecified atom stereocenters. The summed E-state index contributed by atoms with van der Waals surface area (Å²) in [5.74, 6) is 0.910. The van der Waals surface area contributed by atoms with E-state index in [9.17, 15) is 14.9 Å². The monoisotopic (exact) mass is 347 g/mol. The maximum absolute atomic E-state index is 11.6. The van der Waals surface area contributed by atoms with Gasteiger partial charge in [0.25, 0.3) is 5.69 Å². The van der Waals surface area contributed by atoms with Gasteiger partial charge in [-0.25, -0.2) is 4.99 Å². The summed E-state index contributed by atoms with van der Waals surface area (Å²) in [6, 6.07) is 6.48. The molecule has 1 amide bonds. The van der Waals surface area contributed by atoms with Gasteiger partial charge in [-0.2, -0.15) is 0 Å². The third kappa shape index (κ3) is 6.06. The Labute approximate surface area is 147 Å². The minimum Gasteiger partial charge on any atom is -0.357 e. The van der Waals surface area contributed by atoms with Gasteiger partial charge in [-0.15, -0.1) is 0 Å². The average molecular weight is 347 g/mol. The lowest BCUT2D eigenvalue weighted by Crippen LogP contribution is -2.39. The number of nitrogens with one attached hydrogen (secondary N) is 2. The second kappa shape index (κ2) is 9.61. The van der Waals surface area contributed by atoms with Gasteiger partial charge in [0.05, 0.1) is 11.5 Å². The van der Waals surface area contributed by atoms with E-state index in [4.69, 9.17) is 0 Å². The zero-order valence-electron chi connectivity index (χ0n) is 14.5. The minimum absolute atomic E-state index is 0.0703. The van der Waals surface area contributed by atoms with E-state index in [1.807, 2.05) is 17.9 Å². The van der Waals surface area contributed by atoms with Crippen LogP contribution in [0.2, 0.25) is 0 Å². The highest BCUT2D eigenvalue weighted by atomic mass is 16.6. The van der Waals surface area contributed by atoms with Gasteiger partial charge in [-0.1, -0.05) is 12.1 Å². The molecule has 2 rings (SSSR count). The molecule has 0 spiro atoms. The van der Waals surface area contributed by atoms with Gasteiger partial charge >= 0.3 is 0 Å². The number of hydrogen-bond acceptors (Lipinski definition) is 4. The second-order valence-corrected chi connectivity index (χ2v) is 5.89. The van der Waals surface area contributed by atoms with Crippen molar-refractivity contribution in [1.29, 1.82) is 0 Å². The Hall–Kier alpha value is -2.64. The van der Waals surface area contributed by atoms with Crippen LogP contribution in [0.15, 0.2) is 29.3 Å². The van der Waals surface area contributed by atoms with Crippen LogP contribution in [0.4, 0.5) is 5.69 Å². The van der Waals surface area contributed by atoms with Gasteiger partial charge in [0.2, 0.25) is 5.91 Å². The molecule has 0 radical (unpaired) electrons. The molecule has 1 aliphatic rings. The lowest BCUT2D eigenvalue weighted by atomic mass is 10.2. The van der Waals surface area contributed by atoms with E-state index < -0.39 is 4.92 Å². The molecule has 0 atom stereocenters. The number of likely N-dealkylation sites (tertiary alicyclic amines) is 1.